The molecule has 0 saturated heterocycles. The van der Waals surface area contributed by atoms with Gasteiger partial charge in [-0.1, -0.05) is 13.8 Å². The summed E-state index contributed by atoms with van der Waals surface area (Å²) in [6, 6.07) is 3.59. The molecule has 2 aromatic heterocycles. The number of thiazole rings is 1. The van der Waals surface area contributed by atoms with Crippen molar-refractivity contribution in [2.75, 3.05) is 0 Å². The van der Waals surface area contributed by atoms with Gasteiger partial charge in [0.15, 0.2) is 0 Å². The predicted octanol–water partition coefficient (Wildman–Crippen LogP) is 2.78. The van der Waals surface area contributed by atoms with Crippen molar-refractivity contribution in [2.45, 2.75) is 33.2 Å². The summed E-state index contributed by atoms with van der Waals surface area (Å²) < 4.78 is 1.69. The van der Waals surface area contributed by atoms with Crippen molar-refractivity contribution in [2.24, 2.45) is 0 Å². The molecule has 0 unspecified atom stereocenters. The number of hydrogen-bond donors (Lipinski definition) is 0. The highest BCUT2D eigenvalue weighted by molar-refractivity contribution is 7.09. The van der Waals surface area contributed by atoms with Gasteiger partial charge in [-0.3, -0.25) is 4.79 Å². The molecule has 0 atom stereocenters. The minimum atomic E-state index is 0.0316. The van der Waals surface area contributed by atoms with Crippen LogP contribution in [0.1, 0.15) is 36.0 Å². The van der Waals surface area contributed by atoms with Crippen molar-refractivity contribution in [3.05, 3.63) is 50.3 Å². The first kappa shape index (κ1) is 12.0. The molecule has 0 radical (unpaired) electrons. The fraction of sp³-hybridized carbons (Fsp3) is 0.385. The highest BCUT2D eigenvalue weighted by atomic mass is 32.1. The summed E-state index contributed by atoms with van der Waals surface area (Å²) in [7, 11) is 0. The van der Waals surface area contributed by atoms with E-state index in [1.807, 2.05) is 24.6 Å². The maximum absolute atomic E-state index is 11.7. The van der Waals surface area contributed by atoms with E-state index in [1.54, 1.807) is 22.0 Å². The Morgan fingerprint density at radius 3 is 2.82 bits per heavy atom. The molecular weight excluding hydrogens is 232 g/mol. The summed E-state index contributed by atoms with van der Waals surface area (Å²) >= 11 is 1.66. The summed E-state index contributed by atoms with van der Waals surface area (Å²) in [4.78, 5) is 16.3. The Bertz CT molecular complexity index is 569. The zero-order valence-electron chi connectivity index (χ0n) is 10.3. The Hall–Kier alpha value is -1.42. The molecule has 90 valence electrons. The Morgan fingerprint density at radius 1 is 1.47 bits per heavy atom. The van der Waals surface area contributed by atoms with E-state index in [-0.39, 0.29) is 5.56 Å². The van der Waals surface area contributed by atoms with Crippen molar-refractivity contribution < 1.29 is 0 Å². The Morgan fingerprint density at radius 2 is 2.24 bits per heavy atom. The summed E-state index contributed by atoms with van der Waals surface area (Å²) in [6.45, 7) is 6.73. The molecule has 0 aliphatic carbocycles. The molecular formula is C13H16N2OS. The van der Waals surface area contributed by atoms with Gasteiger partial charge in [0.2, 0.25) is 0 Å². The molecule has 0 N–H and O–H groups in total. The van der Waals surface area contributed by atoms with E-state index in [9.17, 15) is 4.79 Å². The van der Waals surface area contributed by atoms with E-state index in [4.69, 9.17) is 0 Å². The van der Waals surface area contributed by atoms with E-state index in [0.29, 0.717) is 12.5 Å². The van der Waals surface area contributed by atoms with Gasteiger partial charge in [-0.2, -0.15) is 0 Å². The molecule has 2 aromatic rings. The Balaban J connectivity index is 2.22. The monoisotopic (exact) mass is 248 g/mol. The van der Waals surface area contributed by atoms with E-state index in [1.165, 1.54) is 0 Å². The lowest BCUT2D eigenvalue weighted by Gasteiger charge is -2.03. The molecule has 0 saturated carbocycles. The van der Waals surface area contributed by atoms with Crippen molar-refractivity contribution in [3.8, 4) is 0 Å². The lowest BCUT2D eigenvalue weighted by molar-refractivity contribution is 0.732. The van der Waals surface area contributed by atoms with Crippen LogP contribution in [0.5, 0.6) is 0 Å². The van der Waals surface area contributed by atoms with E-state index in [2.05, 4.69) is 18.8 Å². The second-order valence-electron chi connectivity index (χ2n) is 4.50. The zero-order valence-corrected chi connectivity index (χ0v) is 11.1. The standard InChI is InChI=1S/C13H16N2OS/c1-9(2)13-14-11(8-17-13)7-15-5-4-10(3)6-12(15)16/h4-6,8-9H,7H2,1-3H3. The SMILES string of the molecule is Cc1ccn(Cc2csc(C(C)C)n2)c(=O)c1. The third-order valence-electron chi connectivity index (χ3n) is 2.55. The first-order chi connectivity index (χ1) is 8.06. The lowest BCUT2D eigenvalue weighted by atomic mass is 10.2. The average Bonchev–Trinajstić information content (AvgIpc) is 2.71. The highest BCUT2D eigenvalue weighted by Gasteiger charge is 2.06. The smallest absolute Gasteiger partial charge is 0.251 e. The second-order valence-corrected chi connectivity index (χ2v) is 5.39. The van der Waals surface area contributed by atoms with Crippen LogP contribution in [-0.4, -0.2) is 9.55 Å². The second kappa shape index (κ2) is 4.84. The third-order valence-corrected chi connectivity index (χ3v) is 3.74. The van der Waals surface area contributed by atoms with Crippen molar-refractivity contribution >= 4 is 11.3 Å². The van der Waals surface area contributed by atoms with Crippen LogP contribution in [0.2, 0.25) is 0 Å². The summed E-state index contributed by atoms with van der Waals surface area (Å²) in [6.07, 6.45) is 1.83. The van der Waals surface area contributed by atoms with E-state index >= 15 is 0 Å². The molecule has 17 heavy (non-hydrogen) atoms. The van der Waals surface area contributed by atoms with E-state index < -0.39 is 0 Å². The number of aromatic nitrogens is 2. The van der Waals surface area contributed by atoms with Gasteiger partial charge >= 0.3 is 0 Å². The van der Waals surface area contributed by atoms with Gasteiger partial charge in [0.1, 0.15) is 0 Å². The van der Waals surface area contributed by atoms with Crippen LogP contribution >= 0.6 is 11.3 Å². The quantitative estimate of drug-likeness (QED) is 0.837. The van der Waals surface area contributed by atoms with Crippen LogP contribution in [-0.2, 0) is 6.54 Å². The first-order valence-corrected chi connectivity index (χ1v) is 6.55. The molecule has 0 bridgehead atoms. The van der Waals surface area contributed by atoms with Gasteiger partial charge in [0.05, 0.1) is 17.2 Å². The molecule has 2 heterocycles. The number of aryl methyl sites for hydroxylation is 1. The van der Waals surface area contributed by atoms with Crippen LogP contribution < -0.4 is 5.56 Å². The molecule has 0 amide bonds. The van der Waals surface area contributed by atoms with Gasteiger partial charge in [0, 0.05) is 23.6 Å². The molecule has 0 aliphatic rings. The van der Waals surface area contributed by atoms with Gasteiger partial charge in [-0.15, -0.1) is 11.3 Å². The highest BCUT2D eigenvalue weighted by Crippen LogP contribution is 2.19. The van der Waals surface area contributed by atoms with Crippen molar-refractivity contribution in [3.63, 3.8) is 0 Å². The number of hydrogen-bond acceptors (Lipinski definition) is 3. The average molecular weight is 248 g/mol. The molecule has 0 spiro atoms. The summed E-state index contributed by atoms with van der Waals surface area (Å²) in [5.41, 5.74) is 1.99. The molecule has 4 heteroatoms. The molecule has 2 rings (SSSR count). The molecule has 0 fully saturated rings. The van der Waals surface area contributed by atoms with Crippen molar-refractivity contribution in [1.82, 2.24) is 9.55 Å². The minimum absolute atomic E-state index is 0.0316. The third kappa shape index (κ3) is 2.82. The largest absolute Gasteiger partial charge is 0.309 e. The van der Waals surface area contributed by atoms with Crippen molar-refractivity contribution in [1.29, 1.82) is 0 Å². The van der Waals surface area contributed by atoms with E-state index in [0.717, 1.165) is 16.3 Å². The molecule has 3 nitrogen and oxygen atoms in total. The van der Waals surface area contributed by atoms with Crippen LogP contribution in [0.3, 0.4) is 0 Å². The Kier molecular flexibility index (Phi) is 3.43. The molecule has 0 aliphatic heterocycles. The number of pyridine rings is 1. The first-order valence-electron chi connectivity index (χ1n) is 5.67. The van der Waals surface area contributed by atoms with Crippen LogP contribution in [0.15, 0.2) is 28.5 Å². The van der Waals surface area contributed by atoms with Crippen LogP contribution in [0.25, 0.3) is 0 Å². The van der Waals surface area contributed by atoms with Crippen LogP contribution in [0.4, 0.5) is 0 Å². The van der Waals surface area contributed by atoms with Gasteiger partial charge in [-0.25, -0.2) is 4.98 Å². The maximum atomic E-state index is 11.7. The van der Waals surface area contributed by atoms with Gasteiger partial charge in [-0.05, 0) is 18.6 Å². The fourth-order valence-corrected chi connectivity index (χ4v) is 2.40. The van der Waals surface area contributed by atoms with Gasteiger partial charge in [0.25, 0.3) is 5.56 Å². The Labute approximate surface area is 105 Å². The molecule has 0 aromatic carbocycles. The normalized spacial score (nSPS) is 11.1. The fourth-order valence-electron chi connectivity index (χ4n) is 1.57. The topological polar surface area (TPSA) is 34.9 Å². The predicted molar refractivity (Wildman–Crippen MR) is 70.7 cm³/mol. The zero-order chi connectivity index (χ0) is 12.4. The lowest BCUT2D eigenvalue weighted by Crippen LogP contribution is -2.19. The summed E-state index contributed by atoms with van der Waals surface area (Å²) in [5, 5.41) is 3.15. The minimum Gasteiger partial charge on any atom is -0.309 e. The van der Waals surface area contributed by atoms with Gasteiger partial charge < -0.3 is 4.57 Å². The maximum Gasteiger partial charge on any atom is 0.251 e. The summed E-state index contributed by atoms with van der Waals surface area (Å²) in [5.74, 6) is 0.448. The number of nitrogens with zero attached hydrogens (tertiary/aromatic N) is 2. The van der Waals surface area contributed by atoms with Crippen LogP contribution in [0, 0.1) is 6.92 Å². The number of rotatable bonds is 3.